The number of benzene rings is 1. The molecule has 2 nitrogen and oxygen atoms in total. The Bertz CT molecular complexity index is 556. The van der Waals surface area contributed by atoms with Crippen molar-refractivity contribution in [1.82, 2.24) is 4.98 Å². The molecule has 0 radical (unpaired) electrons. The second kappa shape index (κ2) is 3.41. The van der Waals surface area contributed by atoms with Gasteiger partial charge in [-0.2, -0.15) is 0 Å². The number of nitrogens with zero attached hydrogens (tertiary/aromatic N) is 1. The topological polar surface area (TPSA) is 30.0 Å². The molecule has 0 spiro atoms. The lowest BCUT2D eigenvalue weighted by Crippen LogP contribution is -2.03. The van der Waals surface area contributed by atoms with E-state index in [1.807, 2.05) is 24.3 Å². The number of carbonyl (C=O) groups is 1. The summed E-state index contributed by atoms with van der Waals surface area (Å²) in [7, 11) is 0. The van der Waals surface area contributed by atoms with Gasteiger partial charge in [0.2, 0.25) is 0 Å². The van der Waals surface area contributed by atoms with Gasteiger partial charge in [-0.3, -0.25) is 9.78 Å². The second-order valence-corrected chi connectivity index (χ2v) is 4.59. The first-order chi connectivity index (χ1) is 7.77. The van der Waals surface area contributed by atoms with E-state index in [1.54, 1.807) is 12.4 Å². The van der Waals surface area contributed by atoms with Crippen LogP contribution in [0.15, 0.2) is 36.7 Å². The number of carbonyl (C=O) groups excluding carboxylic acids is 1. The van der Waals surface area contributed by atoms with Crippen LogP contribution in [0.25, 0.3) is 10.8 Å². The van der Waals surface area contributed by atoms with Crippen LogP contribution in [0.1, 0.15) is 23.7 Å². The number of Topliss-reactive ketones (excluding diaryl/α,β-unsaturated/α-hetero) is 1. The molecule has 0 bridgehead atoms. The van der Waals surface area contributed by atoms with Gasteiger partial charge in [0.05, 0.1) is 0 Å². The monoisotopic (exact) mass is 211 g/mol. The normalized spacial score (nSPS) is 23.3. The van der Waals surface area contributed by atoms with Crippen molar-refractivity contribution in [3.63, 3.8) is 0 Å². The van der Waals surface area contributed by atoms with Crippen LogP contribution in [0.2, 0.25) is 0 Å². The van der Waals surface area contributed by atoms with Crippen LogP contribution in [-0.4, -0.2) is 10.8 Å². The minimum absolute atomic E-state index is 0.241. The average Bonchev–Trinajstić information content (AvgIpc) is 3.05. The number of fused-ring (bicyclic) bond motifs is 1. The molecule has 1 saturated carbocycles. The second-order valence-electron chi connectivity index (χ2n) is 4.59. The lowest BCUT2D eigenvalue weighted by molar-refractivity contribution is 0.0964. The first-order valence-corrected chi connectivity index (χ1v) is 5.64. The maximum atomic E-state index is 12.2. The largest absolute Gasteiger partial charge is 0.294 e. The molecular formula is C14H13NO. The highest BCUT2D eigenvalue weighted by Gasteiger charge is 2.39. The minimum Gasteiger partial charge on any atom is -0.294 e. The van der Waals surface area contributed by atoms with E-state index in [0.29, 0.717) is 5.92 Å². The summed E-state index contributed by atoms with van der Waals surface area (Å²) >= 11 is 0. The third-order valence-corrected chi connectivity index (χ3v) is 3.40. The fraction of sp³-hybridized carbons (Fsp3) is 0.286. The molecule has 0 amide bonds. The van der Waals surface area contributed by atoms with Crippen LogP contribution in [0.3, 0.4) is 0 Å². The van der Waals surface area contributed by atoms with Crippen molar-refractivity contribution in [2.75, 3.05) is 0 Å². The maximum absolute atomic E-state index is 12.2. The van der Waals surface area contributed by atoms with E-state index in [0.717, 1.165) is 22.8 Å². The predicted molar refractivity (Wildman–Crippen MR) is 63.3 cm³/mol. The molecule has 1 aromatic carbocycles. The van der Waals surface area contributed by atoms with Gasteiger partial charge in [0, 0.05) is 29.3 Å². The molecule has 1 aromatic heterocycles. The molecule has 1 aliphatic carbocycles. The molecule has 1 aliphatic rings. The summed E-state index contributed by atoms with van der Waals surface area (Å²) in [5.74, 6) is 1.08. The van der Waals surface area contributed by atoms with Gasteiger partial charge in [-0.25, -0.2) is 0 Å². The molecule has 0 aliphatic heterocycles. The molecule has 80 valence electrons. The highest BCUT2D eigenvalue weighted by Crippen LogP contribution is 2.41. The van der Waals surface area contributed by atoms with Crippen molar-refractivity contribution in [2.24, 2.45) is 11.8 Å². The number of hydrogen-bond acceptors (Lipinski definition) is 2. The van der Waals surface area contributed by atoms with E-state index in [9.17, 15) is 4.79 Å². The van der Waals surface area contributed by atoms with Crippen molar-refractivity contribution < 1.29 is 4.79 Å². The SMILES string of the molecule is CC1CC1C(=O)c1cccc2ccncc12. The van der Waals surface area contributed by atoms with E-state index in [2.05, 4.69) is 11.9 Å². The highest BCUT2D eigenvalue weighted by molar-refractivity contribution is 6.09. The van der Waals surface area contributed by atoms with Crippen molar-refractivity contribution in [3.05, 3.63) is 42.2 Å². The molecular weight excluding hydrogens is 198 g/mol. The molecule has 2 atom stereocenters. The summed E-state index contributed by atoms with van der Waals surface area (Å²) in [4.78, 5) is 16.3. The van der Waals surface area contributed by atoms with E-state index in [4.69, 9.17) is 0 Å². The molecule has 2 heteroatoms. The lowest BCUT2D eigenvalue weighted by Gasteiger charge is -2.04. The zero-order valence-corrected chi connectivity index (χ0v) is 9.18. The van der Waals surface area contributed by atoms with E-state index in [-0.39, 0.29) is 11.7 Å². The van der Waals surface area contributed by atoms with Gasteiger partial charge in [0.25, 0.3) is 0 Å². The van der Waals surface area contributed by atoms with Crippen LogP contribution in [0, 0.1) is 11.8 Å². The van der Waals surface area contributed by atoms with Gasteiger partial charge < -0.3 is 0 Å². The third-order valence-electron chi connectivity index (χ3n) is 3.40. The third kappa shape index (κ3) is 1.42. The van der Waals surface area contributed by atoms with Gasteiger partial charge in [0.15, 0.2) is 5.78 Å². The average molecular weight is 211 g/mol. The standard InChI is InChI=1S/C14H13NO/c1-9-7-12(9)14(16)11-4-2-3-10-5-6-15-8-13(10)11/h2-6,8-9,12H,7H2,1H3. The molecule has 1 heterocycles. The van der Waals surface area contributed by atoms with E-state index in [1.165, 1.54) is 0 Å². The molecule has 0 saturated heterocycles. The molecule has 2 aromatic rings. The Morgan fingerprint density at radius 3 is 2.94 bits per heavy atom. The Balaban J connectivity index is 2.13. The molecule has 16 heavy (non-hydrogen) atoms. The van der Waals surface area contributed by atoms with Crippen LogP contribution in [0.5, 0.6) is 0 Å². The Hall–Kier alpha value is -1.70. The van der Waals surface area contributed by atoms with Gasteiger partial charge >= 0.3 is 0 Å². The Labute approximate surface area is 94.3 Å². The van der Waals surface area contributed by atoms with Crippen LogP contribution in [-0.2, 0) is 0 Å². The van der Waals surface area contributed by atoms with Gasteiger partial charge in [0.1, 0.15) is 0 Å². The smallest absolute Gasteiger partial charge is 0.166 e. The summed E-state index contributed by atoms with van der Waals surface area (Å²) < 4.78 is 0. The molecule has 1 fully saturated rings. The predicted octanol–water partition coefficient (Wildman–Crippen LogP) is 3.07. The fourth-order valence-corrected chi connectivity index (χ4v) is 2.22. The van der Waals surface area contributed by atoms with Gasteiger partial charge in [-0.1, -0.05) is 25.1 Å². The van der Waals surface area contributed by atoms with Crippen molar-refractivity contribution in [3.8, 4) is 0 Å². The van der Waals surface area contributed by atoms with E-state index < -0.39 is 0 Å². The maximum Gasteiger partial charge on any atom is 0.166 e. The Kier molecular flexibility index (Phi) is 2.03. The highest BCUT2D eigenvalue weighted by atomic mass is 16.1. The Morgan fingerprint density at radius 2 is 2.19 bits per heavy atom. The van der Waals surface area contributed by atoms with Gasteiger partial charge in [-0.05, 0) is 23.8 Å². The number of hydrogen-bond donors (Lipinski definition) is 0. The molecule has 0 N–H and O–H groups in total. The first kappa shape index (κ1) is 9.52. The van der Waals surface area contributed by atoms with E-state index >= 15 is 0 Å². The number of rotatable bonds is 2. The number of ketones is 1. The van der Waals surface area contributed by atoms with Crippen molar-refractivity contribution in [1.29, 1.82) is 0 Å². The first-order valence-electron chi connectivity index (χ1n) is 5.64. The summed E-state index contributed by atoms with van der Waals surface area (Å²) in [6, 6.07) is 7.83. The van der Waals surface area contributed by atoms with Crippen molar-refractivity contribution >= 4 is 16.6 Å². The van der Waals surface area contributed by atoms with Crippen LogP contribution >= 0.6 is 0 Å². The number of aromatic nitrogens is 1. The van der Waals surface area contributed by atoms with Crippen molar-refractivity contribution in [2.45, 2.75) is 13.3 Å². The van der Waals surface area contributed by atoms with Crippen LogP contribution < -0.4 is 0 Å². The summed E-state index contributed by atoms with van der Waals surface area (Å²) in [6.45, 7) is 2.13. The minimum atomic E-state index is 0.241. The summed E-state index contributed by atoms with van der Waals surface area (Å²) in [5.41, 5.74) is 0.833. The Morgan fingerprint density at radius 1 is 1.38 bits per heavy atom. The zero-order valence-electron chi connectivity index (χ0n) is 9.18. The van der Waals surface area contributed by atoms with Crippen LogP contribution in [0.4, 0.5) is 0 Å². The van der Waals surface area contributed by atoms with Gasteiger partial charge in [-0.15, -0.1) is 0 Å². The quantitative estimate of drug-likeness (QED) is 0.714. The number of pyridine rings is 1. The summed E-state index contributed by atoms with van der Waals surface area (Å²) in [6.07, 6.45) is 4.58. The molecule has 2 unspecified atom stereocenters. The fourth-order valence-electron chi connectivity index (χ4n) is 2.22. The molecule has 3 rings (SSSR count). The lowest BCUT2D eigenvalue weighted by atomic mass is 10.0. The zero-order chi connectivity index (χ0) is 11.1. The summed E-state index contributed by atoms with van der Waals surface area (Å²) in [5, 5.41) is 2.07.